The van der Waals surface area contributed by atoms with E-state index < -0.39 is 63.6 Å². The van der Waals surface area contributed by atoms with Crippen LogP contribution in [0.15, 0.2) is 0 Å². The van der Waals surface area contributed by atoms with E-state index in [1.54, 1.807) is 0 Å². The Balaban J connectivity index is 2.31. The molecule has 0 radical (unpaired) electrons. The maximum Gasteiger partial charge on any atom is 0.432 e. The molecular weight excluding hydrogens is 399 g/mol. The van der Waals surface area contributed by atoms with Crippen molar-refractivity contribution >= 4 is 22.1 Å². The third-order valence-corrected chi connectivity index (χ3v) is 5.10. The Morgan fingerprint density at radius 3 is 1.92 bits per heavy atom. The van der Waals surface area contributed by atoms with Crippen molar-refractivity contribution in [2.75, 3.05) is 7.11 Å². The standard InChI is InChI=1S/C12H13F5O8S/c1-23-8(18)6-4-2-3-5(24-4)7(6)9(19)25-10(11(13,14)15)12(16,17)26(20,21)22/h4-7,10H,2-3H2,1H3,(H,20,21,22). The molecule has 26 heavy (non-hydrogen) atoms. The quantitative estimate of drug-likeness (QED) is 0.402. The van der Waals surface area contributed by atoms with Crippen LogP contribution >= 0.6 is 0 Å². The fourth-order valence-electron chi connectivity index (χ4n) is 3.07. The number of alkyl halides is 5. The number of methoxy groups -OCH3 is 1. The number of hydrogen-bond acceptors (Lipinski definition) is 7. The van der Waals surface area contributed by atoms with Crippen LogP contribution in [0.4, 0.5) is 22.0 Å². The second kappa shape index (κ2) is 6.56. The number of carbonyl (C=O) groups excluding carboxylic acids is 2. The van der Waals surface area contributed by atoms with Gasteiger partial charge in [0.1, 0.15) is 0 Å². The molecule has 1 N–H and O–H groups in total. The Labute approximate surface area is 143 Å². The highest BCUT2D eigenvalue weighted by atomic mass is 32.2. The van der Waals surface area contributed by atoms with E-state index in [0.29, 0.717) is 0 Å². The van der Waals surface area contributed by atoms with Gasteiger partial charge in [-0.1, -0.05) is 0 Å². The highest BCUT2D eigenvalue weighted by Gasteiger charge is 2.67. The number of esters is 2. The largest absolute Gasteiger partial charge is 0.469 e. The molecule has 150 valence electrons. The van der Waals surface area contributed by atoms with Crippen molar-refractivity contribution in [2.24, 2.45) is 11.8 Å². The van der Waals surface area contributed by atoms with Gasteiger partial charge in [0.05, 0.1) is 31.2 Å². The highest BCUT2D eigenvalue weighted by molar-refractivity contribution is 7.86. The summed E-state index contributed by atoms with van der Waals surface area (Å²) in [6.07, 6.45) is -12.0. The van der Waals surface area contributed by atoms with Crippen LogP contribution in [0.3, 0.4) is 0 Å². The minimum Gasteiger partial charge on any atom is -0.469 e. The number of rotatable bonds is 5. The van der Waals surface area contributed by atoms with Gasteiger partial charge in [-0.15, -0.1) is 0 Å². The molecule has 2 fully saturated rings. The average Bonchev–Trinajstić information content (AvgIpc) is 3.09. The Hall–Kier alpha value is -1.54. The van der Waals surface area contributed by atoms with E-state index in [1.807, 2.05) is 0 Å². The molecule has 0 aromatic rings. The Bertz CT molecular complexity index is 690. The fraction of sp³-hybridized carbons (Fsp3) is 0.833. The molecule has 5 atom stereocenters. The Morgan fingerprint density at radius 2 is 1.54 bits per heavy atom. The summed E-state index contributed by atoms with van der Waals surface area (Å²) in [7, 11) is -5.61. The summed E-state index contributed by atoms with van der Waals surface area (Å²) in [6.45, 7) is 0. The maximum absolute atomic E-state index is 13.5. The molecule has 0 aromatic carbocycles. The molecule has 2 bridgehead atoms. The molecule has 0 spiro atoms. The molecule has 0 saturated carbocycles. The molecular formula is C12H13F5O8S. The first kappa shape index (κ1) is 20.8. The first-order valence-electron chi connectivity index (χ1n) is 7.07. The van der Waals surface area contributed by atoms with Crippen molar-refractivity contribution in [1.82, 2.24) is 0 Å². The van der Waals surface area contributed by atoms with Gasteiger partial charge in [-0.2, -0.15) is 30.4 Å². The van der Waals surface area contributed by atoms with E-state index in [2.05, 4.69) is 9.47 Å². The van der Waals surface area contributed by atoms with Crippen LogP contribution in [0.5, 0.6) is 0 Å². The van der Waals surface area contributed by atoms with Gasteiger partial charge >= 0.3 is 33.5 Å². The first-order valence-corrected chi connectivity index (χ1v) is 8.51. The summed E-state index contributed by atoms with van der Waals surface area (Å²) in [5.41, 5.74) is 0. The molecule has 2 aliphatic rings. The van der Waals surface area contributed by atoms with Crippen LogP contribution in [0.1, 0.15) is 12.8 Å². The van der Waals surface area contributed by atoms with Gasteiger partial charge in [-0.3, -0.25) is 14.1 Å². The lowest BCUT2D eigenvalue weighted by molar-refractivity contribution is -0.261. The van der Waals surface area contributed by atoms with E-state index in [1.165, 1.54) is 0 Å². The van der Waals surface area contributed by atoms with Gasteiger partial charge in [0.15, 0.2) is 0 Å². The van der Waals surface area contributed by atoms with Gasteiger partial charge in [-0.25, -0.2) is 0 Å². The maximum atomic E-state index is 13.5. The van der Waals surface area contributed by atoms with E-state index in [0.717, 1.165) is 7.11 Å². The van der Waals surface area contributed by atoms with E-state index >= 15 is 0 Å². The van der Waals surface area contributed by atoms with Crippen molar-refractivity contribution < 1.29 is 58.7 Å². The van der Waals surface area contributed by atoms with Crippen LogP contribution in [0, 0.1) is 11.8 Å². The van der Waals surface area contributed by atoms with Crippen molar-refractivity contribution in [2.45, 2.75) is 42.6 Å². The molecule has 5 unspecified atom stereocenters. The second-order valence-electron chi connectivity index (χ2n) is 5.76. The molecule has 2 rings (SSSR count). The molecule has 0 aliphatic carbocycles. The summed E-state index contributed by atoms with van der Waals surface area (Å²) < 4.78 is 108. The van der Waals surface area contributed by atoms with Crippen LogP contribution < -0.4 is 0 Å². The van der Waals surface area contributed by atoms with Gasteiger partial charge in [0.25, 0.3) is 6.10 Å². The van der Waals surface area contributed by atoms with Gasteiger partial charge in [-0.05, 0) is 12.8 Å². The average molecular weight is 412 g/mol. The van der Waals surface area contributed by atoms with E-state index in [4.69, 9.17) is 9.29 Å². The lowest BCUT2D eigenvalue weighted by Gasteiger charge is -2.29. The third-order valence-electron chi connectivity index (χ3n) is 4.20. The van der Waals surface area contributed by atoms with Crippen molar-refractivity contribution in [1.29, 1.82) is 0 Å². The molecule has 2 heterocycles. The second-order valence-corrected chi connectivity index (χ2v) is 7.25. The van der Waals surface area contributed by atoms with Gasteiger partial charge in [0, 0.05) is 0 Å². The van der Waals surface area contributed by atoms with Crippen LogP contribution in [0.2, 0.25) is 0 Å². The SMILES string of the molecule is COC(=O)C1C2CCC(O2)C1C(=O)OC(C(F)(F)F)C(F)(F)S(=O)(=O)O. The first-order chi connectivity index (χ1) is 11.7. The van der Waals surface area contributed by atoms with Gasteiger partial charge < -0.3 is 14.2 Å². The summed E-state index contributed by atoms with van der Waals surface area (Å²) in [6, 6.07) is 0. The van der Waals surface area contributed by atoms with Crippen LogP contribution in [0.25, 0.3) is 0 Å². The lowest BCUT2D eigenvalue weighted by atomic mass is 9.79. The fourth-order valence-corrected chi connectivity index (χ4v) is 3.52. The summed E-state index contributed by atoms with van der Waals surface area (Å²) in [4.78, 5) is 23.8. The van der Waals surface area contributed by atoms with Crippen LogP contribution in [-0.4, -0.2) is 61.8 Å². The van der Waals surface area contributed by atoms with Crippen molar-refractivity contribution in [3.05, 3.63) is 0 Å². The third kappa shape index (κ3) is 3.49. The zero-order valence-electron chi connectivity index (χ0n) is 12.9. The molecule has 0 amide bonds. The number of fused-ring (bicyclic) bond motifs is 2. The smallest absolute Gasteiger partial charge is 0.432 e. The lowest BCUT2D eigenvalue weighted by Crippen LogP contribution is -2.53. The minimum absolute atomic E-state index is 0.156. The minimum atomic E-state index is -6.55. The summed E-state index contributed by atoms with van der Waals surface area (Å²) >= 11 is 0. The van der Waals surface area contributed by atoms with Crippen LogP contribution in [-0.2, 0) is 33.9 Å². The topological polar surface area (TPSA) is 116 Å². The monoisotopic (exact) mass is 412 g/mol. The van der Waals surface area contributed by atoms with Crippen molar-refractivity contribution in [3.8, 4) is 0 Å². The molecule has 0 aromatic heterocycles. The molecule has 8 nitrogen and oxygen atoms in total. The number of hydrogen-bond donors (Lipinski definition) is 1. The zero-order chi connectivity index (χ0) is 20.1. The molecule has 2 aliphatic heterocycles. The normalized spacial score (nSPS) is 30.1. The zero-order valence-corrected chi connectivity index (χ0v) is 13.7. The molecule has 14 heteroatoms. The molecule has 2 saturated heterocycles. The number of halogens is 5. The predicted octanol–water partition coefficient (Wildman–Crippen LogP) is 0.908. The van der Waals surface area contributed by atoms with Crippen molar-refractivity contribution in [3.63, 3.8) is 0 Å². The van der Waals surface area contributed by atoms with E-state index in [-0.39, 0.29) is 12.8 Å². The van der Waals surface area contributed by atoms with Gasteiger partial charge in [0.2, 0.25) is 0 Å². The van der Waals surface area contributed by atoms with E-state index in [9.17, 15) is 40.0 Å². The summed E-state index contributed by atoms with van der Waals surface area (Å²) in [5.74, 6) is -5.97. The Kier molecular flexibility index (Phi) is 5.24. The number of carbonyl (C=O) groups is 2. The number of ether oxygens (including phenoxy) is 3. The highest BCUT2D eigenvalue weighted by Crippen LogP contribution is 2.46. The Morgan fingerprint density at radius 1 is 1.08 bits per heavy atom. The summed E-state index contributed by atoms with van der Waals surface area (Å²) in [5, 5.41) is -5.85. The predicted molar refractivity (Wildman–Crippen MR) is 69.3 cm³/mol.